The van der Waals surface area contributed by atoms with Crippen molar-refractivity contribution in [1.82, 2.24) is 5.32 Å². The van der Waals surface area contributed by atoms with E-state index in [4.69, 9.17) is 4.74 Å². The molecule has 0 spiro atoms. The first-order valence-electron chi connectivity index (χ1n) is 10.0. The normalized spacial score (nSPS) is 10.9. The summed E-state index contributed by atoms with van der Waals surface area (Å²) < 4.78 is 5.17. The van der Waals surface area contributed by atoms with Crippen LogP contribution in [0.15, 0.2) is 78.5 Å². The zero-order valence-corrected chi connectivity index (χ0v) is 18.1. The number of benzene rings is 3. The predicted molar refractivity (Wildman–Crippen MR) is 125 cm³/mol. The van der Waals surface area contributed by atoms with Crippen molar-refractivity contribution < 1.29 is 19.1 Å². The van der Waals surface area contributed by atoms with Gasteiger partial charge in [-0.05, 0) is 74.0 Å². The van der Waals surface area contributed by atoms with Crippen LogP contribution in [-0.2, 0) is 4.79 Å². The van der Waals surface area contributed by atoms with Gasteiger partial charge >= 0.3 is 0 Å². The minimum Gasteiger partial charge on any atom is -0.497 e. The number of methoxy groups -OCH3 is 1. The summed E-state index contributed by atoms with van der Waals surface area (Å²) in [6.07, 6.45) is 1.59. The fourth-order valence-electron chi connectivity index (χ4n) is 2.91. The molecule has 0 aliphatic carbocycles. The standard InChI is InChI=1S/C26H24N2O4/c1-17-4-8-21(9-5-17)25(30)28-24(16-19-6-14-23(32-3)15-7-19)26(31)27-22-12-10-20(11-13-22)18(2)29/h4-16H,1-3H3,(H,27,31)(H,28,30)/b24-16-. The maximum absolute atomic E-state index is 13.0. The summed E-state index contributed by atoms with van der Waals surface area (Å²) in [5.74, 6) is -0.264. The van der Waals surface area contributed by atoms with Gasteiger partial charge in [-0.25, -0.2) is 0 Å². The maximum Gasteiger partial charge on any atom is 0.272 e. The van der Waals surface area contributed by atoms with Crippen molar-refractivity contribution in [2.24, 2.45) is 0 Å². The molecular formula is C26H24N2O4. The number of rotatable bonds is 7. The maximum atomic E-state index is 13.0. The van der Waals surface area contributed by atoms with Gasteiger partial charge in [-0.3, -0.25) is 14.4 Å². The summed E-state index contributed by atoms with van der Waals surface area (Å²) in [5, 5.41) is 5.46. The number of Topliss-reactive ketones (excluding diaryl/α,β-unsaturated/α-hetero) is 1. The summed E-state index contributed by atoms with van der Waals surface area (Å²) in [6, 6.07) is 20.7. The first kappa shape index (κ1) is 22.5. The highest BCUT2D eigenvalue weighted by atomic mass is 16.5. The molecule has 3 aromatic rings. The van der Waals surface area contributed by atoms with Gasteiger partial charge in [0.1, 0.15) is 11.4 Å². The average Bonchev–Trinajstić information content (AvgIpc) is 2.79. The molecule has 32 heavy (non-hydrogen) atoms. The molecule has 0 aliphatic heterocycles. The van der Waals surface area contributed by atoms with E-state index >= 15 is 0 Å². The van der Waals surface area contributed by atoms with Crippen molar-refractivity contribution in [3.63, 3.8) is 0 Å². The Balaban J connectivity index is 1.86. The number of amides is 2. The van der Waals surface area contributed by atoms with E-state index in [1.54, 1.807) is 73.8 Å². The Hall–Kier alpha value is -4.19. The topological polar surface area (TPSA) is 84.5 Å². The first-order chi connectivity index (χ1) is 15.4. The molecule has 0 fully saturated rings. The highest BCUT2D eigenvalue weighted by molar-refractivity contribution is 6.10. The zero-order valence-electron chi connectivity index (χ0n) is 18.1. The van der Waals surface area contributed by atoms with Crippen LogP contribution in [0.25, 0.3) is 6.08 Å². The van der Waals surface area contributed by atoms with E-state index in [1.807, 2.05) is 19.1 Å². The number of carbonyl (C=O) groups is 3. The molecule has 2 amide bonds. The Morgan fingerprint density at radius 2 is 1.41 bits per heavy atom. The predicted octanol–water partition coefficient (Wildman–Crippen LogP) is 4.62. The van der Waals surface area contributed by atoms with Gasteiger partial charge in [0, 0.05) is 16.8 Å². The summed E-state index contributed by atoms with van der Waals surface area (Å²) in [7, 11) is 1.57. The van der Waals surface area contributed by atoms with Crippen molar-refractivity contribution in [3.8, 4) is 5.75 Å². The smallest absolute Gasteiger partial charge is 0.272 e. The molecule has 0 aromatic heterocycles. The van der Waals surface area contributed by atoms with Crippen molar-refractivity contribution in [2.75, 3.05) is 12.4 Å². The quantitative estimate of drug-likeness (QED) is 0.425. The molecule has 0 bridgehead atoms. The number of hydrogen-bond acceptors (Lipinski definition) is 4. The van der Waals surface area contributed by atoms with Crippen LogP contribution in [0.4, 0.5) is 5.69 Å². The van der Waals surface area contributed by atoms with Gasteiger partial charge in [-0.15, -0.1) is 0 Å². The Morgan fingerprint density at radius 1 is 0.812 bits per heavy atom. The third kappa shape index (κ3) is 5.92. The molecule has 3 aromatic carbocycles. The Bertz CT molecular complexity index is 1150. The van der Waals surface area contributed by atoms with E-state index in [0.717, 1.165) is 5.56 Å². The molecule has 0 aliphatic rings. The number of ether oxygens (including phenoxy) is 1. The third-order valence-corrected chi connectivity index (χ3v) is 4.78. The van der Waals surface area contributed by atoms with E-state index in [-0.39, 0.29) is 11.5 Å². The SMILES string of the molecule is COc1ccc(/C=C(\NC(=O)c2ccc(C)cc2)C(=O)Nc2ccc(C(C)=O)cc2)cc1. The fourth-order valence-corrected chi connectivity index (χ4v) is 2.91. The van der Waals surface area contributed by atoms with Crippen molar-refractivity contribution in [1.29, 1.82) is 0 Å². The molecule has 0 atom stereocenters. The first-order valence-corrected chi connectivity index (χ1v) is 10.0. The molecule has 0 saturated carbocycles. The molecule has 6 nitrogen and oxygen atoms in total. The lowest BCUT2D eigenvalue weighted by Crippen LogP contribution is -2.30. The Kier molecular flexibility index (Phi) is 7.18. The monoisotopic (exact) mass is 428 g/mol. The van der Waals surface area contributed by atoms with Gasteiger partial charge in [0.25, 0.3) is 11.8 Å². The molecule has 6 heteroatoms. The molecule has 2 N–H and O–H groups in total. The lowest BCUT2D eigenvalue weighted by molar-refractivity contribution is -0.113. The van der Waals surface area contributed by atoms with Gasteiger partial charge in [-0.1, -0.05) is 29.8 Å². The lowest BCUT2D eigenvalue weighted by Gasteiger charge is -2.12. The summed E-state index contributed by atoms with van der Waals surface area (Å²) in [4.78, 5) is 37.2. The second-order valence-corrected chi connectivity index (χ2v) is 7.24. The molecule has 0 unspecified atom stereocenters. The molecule has 162 valence electrons. The van der Waals surface area contributed by atoms with Crippen LogP contribution in [0.3, 0.4) is 0 Å². The second-order valence-electron chi connectivity index (χ2n) is 7.24. The van der Waals surface area contributed by atoms with Crippen LogP contribution < -0.4 is 15.4 Å². The van der Waals surface area contributed by atoms with Gasteiger partial charge in [0.15, 0.2) is 5.78 Å². The van der Waals surface area contributed by atoms with Crippen LogP contribution in [0.2, 0.25) is 0 Å². The van der Waals surface area contributed by atoms with Crippen molar-refractivity contribution in [2.45, 2.75) is 13.8 Å². The van der Waals surface area contributed by atoms with Crippen LogP contribution in [0.1, 0.15) is 38.8 Å². The third-order valence-electron chi connectivity index (χ3n) is 4.78. The van der Waals surface area contributed by atoms with Crippen molar-refractivity contribution in [3.05, 3.63) is 101 Å². The number of aryl methyl sites for hydroxylation is 1. The van der Waals surface area contributed by atoms with E-state index in [0.29, 0.717) is 28.1 Å². The highest BCUT2D eigenvalue weighted by Gasteiger charge is 2.15. The summed E-state index contributed by atoms with van der Waals surface area (Å²) in [6.45, 7) is 3.41. The van der Waals surface area contributed by atoms with Crippen LogP contribution in [0.5, 0.6) is 5.75 Å². The van der Waals surface area contributed by atoms with E-state index in [1.165, 1.54) is 6.92 Å². The van der Waals surface area contributed by atoms with Gasteiger partial charge in [0.05, 0.1) is 7.11 Å². The van der Waals surface area contributed by atoms with Crippen LogP contribution in [0, 0.1) is 6.92 Å². The van der Waals surface area contributed by atoms with Crippen LogP contribution in [-0.4, -0.2) is 24.7 Å². The van der Waals surface area contributed by atoms with Gasteiger partial charge < -0.3 is 15.4 Å². The number of anilines is 1. The minimum atomic E-state index is -0.489. The summed E-state index contributed by atoms with van der Waals surface area (Å²) in [5.41, 5.74) is 3.32. The molecule has 3 rings (SSSR count). The van der Waals surface area contributed by atoms with E-state index in [2.05, 4.69) is 10.6 Å². The number of nitrogens with one attached hydrogen (secondary N) is 2. The van der Waals surface area contributed by atoms with Crippen LogP contribution >= 0.6 is 0 Å². The van der Waals surface area contributed by atoms with E-state index < -0.39 is 11.8 Å². The zero-order chi connectivity index (χ0) is 23.1. The Morgan fingerprint density at radius 3 is 1.97 bits per heavy atom. The van der Waals surface area contributed by atoms with E-state index in [9.17, 15) is 14.4 Å². The van der Waals surface area contributed by atoms with Gasteiger partial charge in [-0.2, -0.15) is 0 Å². The average molecular weight is 428 g/mol. The Labute approximate surface area is 186 Å². The second kappa shape index (κ2) is 10.2. The molecule has 0 saturated heterocycles. The minimum absolute atomic E-state index is 0.0617. The van der Waals surface area contributed by atoms with Gasteiger partial charge in [0.2, 0.25) is 0 Å². The number of carbonyl (C=O) groups excluding carboxylic acids is 3. The number of ketones is 1. The largest absolute Gasteiger partial charge is 0.497 e. The fraction of sp³-hybridized carbons (Fsp3) is 0.115. The lowest BCUT2D eigenvalue weighted by atomic mass is 10.1. The number of hydrogen-bond donors (Lipinski definition) is 2. The molecular weight excluding hydrogens is 404 g/mol. The van der Waals surface area contributed by atoms with Crippen molar-refractivity contribution >= 4 is 29.4 Å². The molecule has 0 heterocycles. The highest BCUT2D eigenvalue weighted by Crippen LogP contribution is 2.16. The summed E-state index contributed by atoms with van der Waals surface area (Å²) >= 11 is 0. The molecule has 0 radical (unpaired) electrons.